The summed E-state index contributed by atoms with van der Waals surface area (Å²) in [7, 11) is 0. The van der Waals surface area contributed by atoms with Crippen LogP contribution in [0.3, 0.4) is 0 Å². The highest BCUT2D eigenvalue weighted by Gasteiger charge is 2.18. The third-order valence-corrected chi connectivity index (χ3v) is 3.12. The third kappa shape index (κ3) is 3.13. The Morgan fingerprint density at radius 1 is 1.39 bits per heavy atom. The maximum Gasteiger partial charge on any atom is 0.185 e. The Balaban J connectivity index is 2.00. The van der Waals surface area contributed by atoms with Crippen LogP contribution in [0, 0.1) is 0 Å². The van der Waals surface area contributed by atoms with Gasteiger partial charge in [0.15, 0.2) is 5.96 Å². The molecule has 98 valence electrons. The summed E-state index contributed by atoms with van der Waals surface area (Å²) in [4.78, 5) is 6.04. The van der Waals surface area contributed by atoms with E-state index in [0.29, 0.717) is 6.54 Å². The van der Waals surface area contributed by atoms with Gasteiger partial charge in [0.05, 0.1) is 12.6 Å². The number of aliphatic hydroxyl groups is 1. The van der Waals surface area contributed by atoms with Crippen molar-refractivity contribution in [1.29, 1.82) is 0 Å². The maximum atomic E-state index is 9.92. The zero-order valence-corrected chi connectivity index (χ0v) is 10.4. The first-order valence-electron chi connectivity index (χ1n) is 6.23. The van der Waals surface area contributed by atoms with E-state index in [9.17, 15) is 5.11 Å². The first-order valence-corrected chi connectivity index (χ1v) is 6.23. The van der Waals surface area contributed by atoms with Crippen molar-refractivity contribution in [3.8, 4) is 0 Å². The van der Waals surface area contributed by atoms with Gasteiger partial charge in [0, 0.05) is 18.8 Å². The van der Waals surface area contributed by atoms with Crippen LogP contribution in [-0.4, -0.2) is 36.8 Å². The number of hydrogen-bond acceptors (Lipinski definition) is 3. The molecular formula is C13H20N4O. The molecule has 1 unspecified atom stereocenters. The van der Waals surface area contributed by atoms with Gasteiger partial charge >= 0.3 is 0 Å². The Morgan fingerprint density at radius 2 is 2.17 bits per heavy atom. The van der Waals surface area contributed by atoms with Crippen LogP contribution in [0.25, 0.3) is 0 Å². The lowest BCUT2D eigenvalue weighted by molar-refractivity contribution is 0.188. The van der Waals surface area contributed by atoms with Crippen LogP contribution in [0.2, 0.25) is 0 Å². The number of hydrogen-bond donors (Lipinski definition) is 3. The van der Waals surface area contributed by atoms with Gasteiger partial charge in [0.1, 0.15) is 0 Å². The van der Waals surface area contributed by atoms with Crippen LogP contribution in [0.4, 0.5) is 5.69 Å². The Morgan fingerprint density at radius 3 is 2.94 bits per heavy atom. The lowest BCUT2D eigenvalue weighted by Gasteiger charge is -2.32. The fraction of sp³-hybridized carbons (Fsp3) is 0.462. The summed E-state index contributed by atoms with van der Waals surface area (Å²) < 4.78 is 0. The molecule has 0 aliphatic carbocycles. The second kappa shape index (κ2) is 5.73. The Labute approximate surface area is 107 Å². The molecule has 0 radical (unpaired) electrons. The minimum absolute atomic E-state index is 0.0214. The van der Waals surface area contributed by atoms with Crippen molar-refractivity contribution >= 4 is 11.6 Å². The van der Waals surface area contributed by atoms with Crippen molar-refractivity contribution in [3.63, 3.8) is 0 Å². The summed E-state index contributed by atoms with van der Waals surface area (Å²) >= 11 is 0. The van der Waals surface area contributed by atoms with Gasteiger partial charge in [-0.05, 0) is 24.5 Å². The quantitative estimate of drug-likeness (QED) is 0.520. The number of β-amino-alcohol motifs (C(OH)–C–C–N with tert-alkyl or cyclic N) is 1. The molecule has 0 amide bonds. The van der Waals surface area contributed by atoms with Crippen LogP contribution in [0.1, 0.15) is 12.0 Å². The number of benzene rings is 1. The molecule has 1 aromatic carbocycles. The summed E-state index contributed by atoms with van der Waals surface area (Å²) in [6.45, 7) is 1.78. The third-order valence-electron chi connectivity index (χ3n) is 3.12. The summed E-state index contributed by atoms with van der Waals surface area (Å²) in [5.41, 5.74) is 13.1. The highest BCUT2D eigenvalue weighted by Crippen LogP contribution is 2.26. The number of aliphatic imine (C=N–C) groups is 1. The summed E-state index contributed by atoms with van der Waals surface area (Å²) in [6.07, 6.45) is 1.68. The zero-order valence-electron chi connectivity index (χ0n) is 10.4. The molecule has 18 heavy (non-hydrogen) atoms. The molecule has 5 nitrogen and oxygen atoms in total. The van der Waals surface area contributed by atoms with Crippen LogP contribution < -0.4 is 16.4 Å². The molecule has 0 saturated carbocycles. The molecule has 0 bridgehead atoms. The van der Waals surface area contributed by atoms with Crippen molar-refractivity contribution in [2.75, 3.05) is 24.5 Å². The molecule has 1 atom stereocenters. The van der Waals surface area contributed by atoms with Crippen LogP contribution in [0.15, 0.2) is 29.3 Å². The molecule has 2 rings (SSSR count). The fourth-order valence-corrected chi connectivity index (χ4v) is 2.32. The predicted molar refractivity (Wildman–Crippen MR) is 73.7 cm³/mol. The van der Waals surface area contributed by atoms with Crippen LogP contribution in [0.5, 0.6) is 0 Å². The van der Waals surface area contributed by atoms with Gasteiger partial charge < -0.3 is 21.5 Å². The van der Waals surface area contributed by atoms with Crippen molar-refractivity contribution in [2.45, 2.75) is 18.9 Å². The number of nitrogens with two attached hydrogens (primary N) is 2. The highest BCUT2D eigenvalue weighted by atomic mass is 16.3. The predicted octanol–water partition coefficient (Wildman–Crippen LogP) is 0.0735. The molecule has 5 heteroatoms. The Bertz CT molecular complexity index is 429. The fourth-order valence-electron chi connectivity index (χ4n) is 2.32. The van der Waals surface area contributed by atoms with Gasteiger partial charge in [-0.15, -0.1) is 0 Å². The van der Waals surface area contributed by atoms with Gasteiger partial charge in [0.25, 0.3) is 0 Å². The molecule has 0 spiro atoms. The van der Waals surface area contributed by atoms with E-state index < -0.39 is 6.10 Å². The Hall–Kier alpha value is -1.75. The second-order valence-corrected chi connectivity index (χ2v) is 4.60. The average Bonchev–Trinajstić information content (AvgIpc) is 2.37. The monoisotopic (exact) mass is 248 g/mol. The number of aryl methyl sites for hydroxylation is 1. The standard InChI is InChI=1S/C13H20N4O/c14-13(15)16-8-11(18)9-17-7-3-5-10-4-1-2-6-12(10)17/h1-2,4,6,11,18H,3,5,7-9H2,(H4,14,15,16). The molecule has 1 aliphatic heterocycles. The summed E-state index contributed by atoms with van der Waals surface area (Å²) in [5, 5.41) is 9.92. The lowest BCUT2D eigenvalue weighted by Crippen LogP contribution is -2.38. The van der Waals surface area contributed by atoms with Crippen molar-refractivity contribution < 1.29 is 5.11 Å². The maximum absolute atomic E-state index is 9.92. The van der Waals surface area contributed by atoms with Crippen LogP contribution in [-0.2, 0) is 6.42 Å². The van der Waals surface area contributed by atoms with E-state index >= 15 is 0 Å². The van der Waals surface area contributed by atoms with Gasteiger partial charge in [0.2, 0.25) is 0 Å². The van der Waals surface area contributed by atoms with E-state index in [2.05, 4.69) is 28.1 Å². The minimum atomic E-state index is -0.543. The molecule has 1 aromatic rings. The van der Waals surface area contributed by atoms with Crippen LogP contribution >= 0.6 is 0 Å². The van der Waals surface area contributed by atoms with Crippen molar-refractivity contribution in [3.05, 3.63) is 29.8 Å². The van der Waals surface area contributed by atoms with E-state index in [-0.39, 0.29) is 12.5 Å². The summed E-state index contributed by atoms with van der Waals surface area (Å²) in [5.74, 6) is 0.0214. The largest absolute Gasteiger partial charge is 0.389 e. The smallest absolute Gasteiger partial charge is 0.185 e. The van der Waals surface area contributed by atoms with E-state index in [1.165, 1.54) is 11.3 Å². The average molecular weight is 248 g/mol. The first-order chi connectivity index (χ1) is 8.66. The van der Waals surface area contributed by atoms with Gasteiger partial charge in [-0.2, -0.15) is 0 Å². The highest BCUT2D eigenvalue weighted by molar-refractivity contribution is 5.75. The first kappa shape index (κ1) is 12.7. The molecule has 0 aromatic heterocycles. The number of rotatable bonds is 4. The van der Waals surface area contributed by atoms with Gasteiger partial charge in [-0.1, -0.05) is 18.2 Å². The van der Waals surface area contributed by atoms with Gasteiger partial charge in [-0.3, -0.25) is 4.99 Å². The number of guanidine groups is 1. The molecule has 1 aliphatic rings. The molecule has 0 fully saturated rings. The summed E-state index contributed by atoms with van der Waals surface area (Å²) in [6, 6.07) is 8.32. The molecule has 0 saturated heterocycles. The van der Waals surface area contributed by atoms with E-state index in [1.54, 1.807) is 0 Å². The molecular weight excluding hydrogens is 228 g/mol. The molecule has 1 heterocycles. The lowest BCUT2D eigenvalue weighted by atomic mass is 10.0. The Kier molecular flexibility index (Phi) is 4.04. The number of aliphatic hydroxyl groups excluding tert-OH is 1. The normalized spacial score (nSPS) is 15.9. The number of anilines is 1. The second-order valence-electron chi connectivity index (χ2n) is 4.60. The molecule has 5 N–H and O–H groups in total. The van der Waals surface area contributed by atoms with E-state index in [1.807, 2.05) is 6.07 Å². The SMILES string of the molecule is NC(N)=NCC(O)CN1CCCc2ccccc21. The number of nitrogens with zero attached hydrogens (tertiary/aromatic N) is 2. The van der Waals surface area contributed by atoms with E-state index in [4.69, 9.17) is 11.5 Å². The van der Waals surface area contributed by atoms with E-state index in [0.717, 1.165) is 19.4 Å². The van der Waals surface area contributed by atoms with Gasteiger partial charge in [-0.25, -0.2) is 0 Å². The number of fused-ring (bicyclic) bond motifs is 1. The number of para-hydroxylation sites is 1. The topological polar surface area (TPSA) is 87.9 Å². The van der Waals surface area contributed by atoms with Crippen molar-refractivity contribution in [1.82, 2.24) is 0 Å². The minimum Gasteiger partial charge on any atom is -0.389 e. The zero-order chi connectivity index (χ0) is 13.0. The van der Waals surface area contributed by atoms with Crippen molar-refractivity contribution in [2.24, 2.45) is 16.5 Å².